The molecule has 1 heterocycles. The van der Waals surface area contributed by atoms with Crippen molar-refractivity contribution in [3.8, 4) is 0 Å². The lowest BCUT2D eigenvalue weighted by Crippen LogP contribution is -2.20. The first-order chi connectivity index (χ1) is 7.80. The van der Waals surface area contributed by atoms with Crippen LogP contribution in [-0.4, -0.2) is 4.98 Å². The van der Waals surface area contributed by atoms with Crippen molar-refractivity contribution in [3.63, 3.8) is 0 Å². The Morgan fingerprint density at radius 2 is 1.94 bits per heavy atom. The molecule has 0 saturated heterocycles. The molecule has 2 nitrogen and oxygen atoms in total. The second-order valence-corrected chi connectivity index (χ2v) is 5.46. The van der Waals surface area contributed by atoms with Crippen molar-refractivity contribution in [3.05, 3.63) is 45.1 Å². The minimum atomic E-state index is -0.475. The van der Waals surface area contributed by atoms with E-state index in [-0.39, 0.29) is 16.0 Å². The predicted molar refractivity (Wildman–Crippen MR) is 68.2 cm³/mol. The molecule has 90 valence electrons. The molecule has 1 N–H and O–H groups in total. The van der Waals surface area contributed by atoms with Crippen LogP contribution in [0.1, 0.15) is 26.5 Å². The van der Waals surface area contributed by atoms with Gasteiger partial charge in [-0.3, -0.25) is 4.79 Å². The zero-order chi connectivity index (χ0) is 12.8. The van der Waals surface area contributed by atoms with Crippen LogP contribution in [0.2, 0.25) is 5.02 Å². The highest BCUT2D eigenvalue weighted by atomic mass is 35.5. The van der Waals surface area contributed by atoms with Gasteiger partial charge in [-0.2, -0.15) is 0 Å². The maximum absolute atomic E-state index is 13.5. The van der Waals surface area contributed by atoms with E-state index in [1.165, 1.54) is 12.1 Å². The topological polar surface area (TPSA) is 32.9 Å². The quantitative estimate of drug-likeness (QED) is 0.764. The fraction of sp³-hybridized carbons (Fsp3) is 0.308. The highest BCUT2D eigenvalue weighted by molar-refractivity contribution is 6.35. The first-order valence-electron chi connectivity index (χ1n) is 5.32. The summed E-state index contributed by atoms with van der Waals surface area (Å²) in [6.45, 7) is 5.83. The number of hydrogen-bond donors (Lipinski definition) is 1. The lowest BCUT2D eigenvalue weighted by atomic mass is 9.88. The molecule has 17 heavy (non-hydrogen) atoms. The van der Waals surface area contributed by atoms with Crippen LogP contribution in [0.15, 0.2) is 23.0 Å². The molecular formula is C13H13ClFNO. The first kappa shape index (κ1) is 12.1. The van der Waals surface area contributed by atoms with Gasteiger partial charge in [-0.05, 0) is 11.5 Å². The third kappa shape index (κ3) is 2.07. The maximum Gasteiger partial charge on any atom is 0.248 e. The van der Waals surface area contributed by atoms with E-state index in [0.717, 1.165) is 0 Å². The van der Waals surface area contributed by atoms with Crippen LogP contribution in [0, 0.1) is 5.82 Å². The molecule has 2 rings (SSSR count). The number of rotatable bonds is 0. The van der Waals surface area contributed by atoms with Crippen LogP contribution in [0.4, 0.5) is 4.39 Å². The Labute approximate surface area is 103 Å². The number of H-pyrrole nitrogens is 1. The van der Waals surface area contributed by atoms with Gasteiger partial charge in [0.1, 0.15) is 5.82 Å². The Balaban J connectivity index is 3.00. The Hall–Kier alpha value is -1.35. The minimum absolute atomic E-state index is 0.0590. The number of nitrogens with one attached hydrogen (secondary N) is 1. The normalized spacial score (nSPS) is 12.1. The molecule has 1 aromatic heterocycles. The summed E-state index contributed by atoms with van der Waals surface area (Å²) in [4.78, 5) is 14.3. The summed E-state index contributed by atoms with van der Waals surface area (Å²) < 4.78 is 13.5. The molecule has 0 saturated carbocycles. The zero-order valence-electron chi connectivity index (χ0n) is 9.90. The first-order valence-corrected chi connectivity index (χ1v) is 5.70. The Morgan fingerprint density at radius 3 is 2.53 bits per heavy atom. The molecule has 2 aromatic rings. The van der Waals surface area contributed by atoms with E-state index in [1.54, 1.807) is 6.07 Å². The van der Waals surface area contributed by atoms with E-state index >= 15 is 0 Å². The van der Waals surface area contributed by atoms with Gasteiger partial charge in [0.25, 0.3) is 0 Å². The van der Waals surface area contributed by atoms with E-state index in [1.807, 2.05) is 20.8 Å². The van der Waals surface area contributed by atoms with E-state index < -0.39 is 5.82 Å². The number of benzene rings is 1. The Kier molecular flexibility index (Phi) is 2.74. The molecule has 0 amide bonds. The summed E-state index contributed by atoms with van der Waals surface area (Å²) >= 11 is 5.99. The second-order valence-electron chi connectivity index (χ2n) is 5.08. The Morgan fingerprint density at radius 1 is 1.29 bits per heavy atom. The third-order valence-electron chi connectivity index (χ3n) is 2.66. The number of fused-ring (bicyclic) bond motifs is 1. The summed E-state index contributed by atoms with van der Waals surface area (Å²) in [5.74, 6) is -0.475. The fourth-order valence-corrected chi connectivity index (χ4v) is 2.13. The van der Waals surface area contributed by atoms with Gasteiger partial charge in [-0.25, -0.2) is 4.39 Å². The van der Waals surface area contributed by atoms with Crippen LogP contribution in [0.25, 0.3) is 10.8 Å². The molecule has 0 unspecified atom stereocenters. The maximum atomic E-state index is 13.5. The summed E-state index contributed by atoms with van der Waals surface area (Å²) in [6.07, 6.45) is 0. The van der Waals surface area contributed by atoms with Gasteiger partial charge in [-0.15, -0.1) is 0 Å². The van der Waals surface area contributed by atoms with Crippen LogP contribution in [0.3, 0.4) is 0 Å². The lowest BCUT2D eigenvalue weighted by molar-refractivity contribution is 0.572. The molecule has 0 aliphatic heterocycles. The largest absolute Gasteiger partial charge is 0.325 e. The lowest BCUT2D eigenvalue weighted by Gasteiger charge is -2.21. The average molecular weight is 254 g/mol. The fourth-order valence-electron chi connectivity index (χ4n) is 1.87. The zero-order valence-corrected chi connectivity index (χ0v) is 10.7. The van der Waals surface area contributed by atoms with Crippen molar-refractivity contribution in [2.45, 2.75) is 26.2 Å². The van der Waals surface area contributed by atoms with Crippen LogP contribution >= 0.6 is 11.6 Å². The highest BCUT2D eigenvalue weighted by Gasteiger charge is 2.21. The van der Waals surface area contributed by atoms with Crippen molar-refractivity contribution in [2.24, 2.45) is 0 Å². The number of aromatic amines is 1. The molecule has 0 radical (unpaired) electrons. The third-order valence-corrected chi connectivity index (χ3v) is 3.03. The summed E-state index contributed by atoms with van der Waals surface area (Å²) in [5, 5.41) is 1.30. The second kappa shape index (κ2) is 3.84. The van der Waals surface area contributed by atoms with Gasteiger partial charge in [0.05, 0.1) is 5.02 Å². The number of hydrogen-bond acceptors (Lipinski definition) is 1. The number of aromatic nitrogens is 1. The standard InChI is InChI=1S/C13H13ClFNO/c1-13(2,3)12-10-7(6-9(17)16-12)4-5-8(15)11(10)14/h4-6H,1-3H3,(H,16,17). The van der Waals surface area contributed by atoms with E-state index in [2.05, 4.69) is 4.98 Å². The van der Waals surface area contributed by atoms with E-state index in [9.17, 15) is 9.18 Å². The molecule has 0 spiro atoms. The molecule has 0 aliphatic carbocycles. The molecule has 0 atom stereocenters. The molecule has 4 heteroatoms. The van der Waals surface area contributed by atoms with Crippen molar-refractivity contribution < 1.29 is 4.39 Å². The SMILES string of the molecule is CC(C)(C)c1[nH]c(=O)cc2ccc(F)c(Cl)c12. The van der Waals surface area contributed by atoms with Gasteiger partial charge in [-0.1, -0.05) is 38.4 Å². The van der Waals surface area contributed by atoms with Crippen molar-refractivity contribution in [1.82, 2.24) is 4.98 Å². The smallest absolute Gasteiger partial charge is 0.248 e. The van der Waals surface area contributed by atoms with E-state index in [0.29, 0.717) is 16.5 Å². The minimum Gasteiger partial charge on any atom is -0.325 e. The van der Waals surface area contributed by atoms with Crippen molar-refractivity contribution in [1.29, 1.82) is 0 Å². The monoisotopic (exact) mass is 253 g/mol. The molecule has 0 fully saturated rings. The van der Waals surface area contributed by atoms with Crippen molar-refractivity contribution >= 4 is 22.4 Å². The van der Waals surface area contributed by atoms with Gasteiger partial charge >= 0.3 is 0 Å². The average Bonchev–Trinajstić information content (AvgIpc) is 2.21. The molecule has 1 aromatic carbocycles. The summed E-state index contributed by atoms with van der Waals surface area (Å²) in [5.41, 5.74) is 0.144. The van der Waals surface area contributed by atoms with Crippen LogP contribution < -0.4 is 5.56 Å². The van der Waals surface area contributed by atoms with Gasteiger partial charge in [0, 0.05) is 22.6 Å². The Bertz CT molecular complexity index is 640. The molecular weight excluding hydrogens is 241 g/mol. The summed E-state index contributed by atoms with van der Waals surface area (Å²) in [6, 6.07) is 4.27. The number of pyridine rings is 1. The van der Waals surface area contributed by atoms with Gasteiger partial charge in [0.15, 0.2) is 0 Å². The van der Waals surface area contributed by atoms with Gasteiger partial charge < -0.3 is 4.98 Å². The highest BCUT2D eigenvalue weighted by Crippen LogP contribution is 2.33. The van der Waals surface area contributed by atoms with Crippen molar-refractivity contribution in [2.75, 3.05) is 0 Å². The molecule has 0 aliphatic rings. The van der Waals surface area contributed by atoms with E-state index in [4.69, 9.17) is 11.6 Å². The summed E-state index contributed by atoms with van der Waals surface area (Å²) in [7, 11) is 0. The predicted octanol–water partition coefficient (Wildman–Crippen LogP) is 3.62. The van der Waals surface area contributed by atoms with Gasteiger partial charge in [0.2, 0.25) is 5.56 Å². The van der Waals surface area contributed by atoms with Crippen LogP contribution in [-0.2, 0) is 5.41 Å². The molecule has 0 bridgehead atoms. The van der Waals surface area contributed by atoms with Crippen LogP contribution in [0.5, 0.6) is 0 Å². The number of halogens is 2.